The molecule has 170 valence electrons. The van der Waals surface area contributed by atoms with Crippen molar-refractivity contribution in [2.45, 2.75) is 12.6 Å². The molecular formula is C27H23N3O4. The Hall–Kier alpha value is -4.36. The van der Waals surface area contributed by atoms with Gasteiger partial charge >= 0.3 is 5.91 Å². The normalized spacial score (nSPS) is 12.4. The summed E-state index contributed by atoms with van der Waals surface area (Å²) in [7, 11) is 0. The van der Waals surface area contributed by atoms with Gasteiger partial charge < -0.3 is 18.8 Å². The Kier molecular flexibility index (Phi) is 6.09. The van der Waals surface area contributed by atoms with Gasteiger partial charge in [-0.25, -0.2) is 5.43 Å². The first-order valence-electron chi connectivity index (χ1n) is 10.9. The Bertz CT molecular complexity index is 1380. The number of nitrogens with zero attached hydrogens (tertiary/aromatic N) is 2. The first-order chi connectivity index (χ1) is 16.7. The van der Waals surface area contributed by atoms with E-state index < -0.39 is 12.0 Å². The van der Waals surface area contributed by atoms with E-state index in [1.54, 1.807) is 24.3 Å². The minimum atomic E-state index is -0.683. The molecule has 7 heteroatoms. The van der Waals surface area contributed by atoms with E-state index in [2.05, 4.69) is 39.4 Å². The number of aliphatic hydroxyl groups excluding tert-OH is 1. The van der Waals surface area contributed by atoms with Crippen molar-refractivity contribution in [3.63, 3.8) is 0 Å². The third-order valence-corrected chi connectivity index (χ3v) is 5.52. The average molecular weight is 453 g/mol. The lowest BCUT2D eigenvalue weighted by molar-refractivity contribution is 0.0927. The number of hydrogen-bond acceptors (Lipinski definition) is 5. The van der Waals surface area contributed by atoms with Crippen molar-refractivity contribution in [2.24, 2.45) is 5.10 Å². The van der Waals surface area contributed by atoms with E-state index in [-0.39, 0.29) is 12.4 Å². The minimum absolute atomic E-state index is 0.160. The van der Waals surface area contributed by atoms with Crippen LogP contribution in [0.5, 0.6) is 5.75 Å². The van der Waals surface area contributed by atoms with Crippen molar-refractivity contribution in [1.82, 2.24) is 9.99 Å². The van der Waals surface area contributed by atoms with E-state index in [4.69, 9.17) is 9.15 Å². The van der Waals surface area contributed by atoms with Crippen LogP contribution < -0.4 is 10.2 Å². The lowest BCUT2D eigenvalue weighted by Crippen LogP contribution is -2.23. The summed E-state index contributed by atoms with van der Waals surface area (Å²) in [4.78, 5) is 11.8. The molecule has 5 aromatic rings. The lowest BCUT2D eigenvalue weighted by Gasteiger charge is -2.15. The molecule has 0 fully saturated rings. The van der Waals surface area contributed by atoms with Gasteiger partial charge in [-0.15, -0.1) is 0 Å². The van der Waals surface area contributed by atoms with Crippen molar-refractivity contribution in [1.29, 1.82) is 0 Å². The van der Waals surface area contributed by atoms with Crippen molar-refractivity contribution in [3.8, 4) is 5.75 Å². The number of benzene rings is 3. The van der Waals surface area contributed by atoms with E-state index in [1.807, 2.05) is 36.4 Å². The summed E-state index contributed by atoms with van der Waals surface area (Å²) in [5.74, 6) is 0.414. The standard InChI is InChI=1S/C27H23N3O4/c31-20(17-30-24-8-3-1-6-22(24)23-7-2-4-9-25(23)30)18-34-21-13-11-19(12-14-21)16-28-29-27(32)26-10-5-15-33-26/h1-16,20,31H,17-18H2,(H,29,32). The molecule has 0 aliphatic heterocycles. The van der Waals surface area contributed by atoms with Gasteiger partial charge in [0.25, 0.3) is 0 Å². The van der Waals surface area contributed by atoms with Gasteiger partial charge in [0.15, 0.2) is 5.76 Å². The number of nitrogens with one attached hydrogen (secondary N) is 1. The molecule has 0 saturated carbocycles. The number of furan rings is 1. The number of rotatable bonds is 8. The fourth-order valence-corrected chi connectivity index (χ4v) is 3.93. The number of fused-ring (bicyclic) bond motifs is 3. The van der Waals surface area contributed by atoms with Crippen LogP contribution in [0.4, 0.5) is 0 Å². The van der Waals surface area contributed by atoms with Gasteiger partial charge in [0.2, 0.25) is 0 Å². The van der Waals surface area contributed by atoms with Crippen LogP contribution in [0.3, 0.4) is 0 Å². The number of aromatic nitrogens is 1. The summed E-state index contributed by atoms with van der Waals surface area (Å²) in [5.41, 5.74) is 5.37. The Morgan fingerprint density at radius 1 is 0.971 bits per heavy atom. The number of ether oxygens (including phenoxy) is 1. The number of para-hydroxylation sites is 2. The second-order valence-electron chi connectivity index (χ2n) is 7.86. The van der Waals surface area contributed by atoms with Crippen LogP contribution in [-0.2, 0) is 6.54 Å². The fraction of sp³-hybridized carbons (Fsp3) is 0.111. The third kappa shape index (κ3) is 4.55. The molecule has 1 amide bonds. The number of aliphatic hydroxyl groups is 1. The molecule has 1 unspecified atom stereocenters. The first-order valence-corrected chi connectivity index (χ1v) is 10.9. The zero-order valence-electron chi connectivity index (χ0n) is 18.3. The van der Waals surface area contributed by atoms with Gasteiger partial charge in [-0.3, -0.25) is 4.79 Å². The lowest BCUT2D eigenvalue weighted by atomic mass is 10.2. The van der Waals surface area contributed by atoms with Crippen LogP contribution in [0.2, 0.25) is 0 Å². The Balaban J connectivity index is 1.19. The molecule has 2 heterocycles. The molecule has 34 heavy (non-hydrogen) atoms. The molecule has 0 aliphatic rings. The molecule has 2 aromatic heterocycles. The molecular weight excluding hydrogens is 430 g/mol. The van der Waals surface area contributed by atoms with Crippen LogP contribution in [0, 0.1) is 0 Å². The molecule has 0 saturated heterocycles. The zero-order chi connectivity index (χ0) is 23.3. The van der Waals surface area contributed by atoms with Crippen molar-refractivity contribution < 1.29 is 19.1 Å². The van der Waals surface area contributed by atoms with E-state index in [0.29, 0.717) is 12.3 Å². The van der Waals surface area contributed by atoms with E-state index in [1.165, 1.54) is 23.3 Å². The second-order valence-corrected chi connectivity index (χ2v) is 7.86. The molecule has 0 spiro atoms. The number of hydrazone groups is 1. The second kappa shape index (κ2) is 9.64. The minimum Gasteiger partial charge on any atom is -0.491 e. The topological polar surface area (TPSA) is 89.0 Å². The summed E-state index contributed by atoms with van der Waals surface area (Å²) in [6, 6.07) is 26.8. The zero-order valence-corrected chi connectivity index (χ0v) is 18.3. The average Bonchev–Trinajstić information content (AvgIpc) is 3.52. The number of carbonyl (C=O) groups is 1. The fourth-order valence-electron chi connectivity index (χ4n) is 3.93. The van der Waals surface area contributed by atoms with Gasteiger partial charge in [-0.1, -0.05) is 36.4 Å². The van der Waals surface area contributed by atoms with E-state index in [9.17, 15) is 9.90 Å². The first kappa shape index (κ1) is 21.5. The van der Waals surface area contributed by atoms with Crippen LogP contribution >= 0.6 is 0 Å². The van der Waals surface area contributed by atoms with Crippen molar-refractivity contribution >= 4 is 33.9 Å². The van der Waals surface area contributed by atoms with Crippen molar-refractivity contribution in [3.05, 3.63) is 103 Å². The Morgan fingerprint density at radius 2 is 1.65 bits per heavy atom. The van der Waals surface area contributed by atoms with Gasteiger partial charge in [0.1, 0.15) is 18.5 Å². The molecule has 2 N–H and O–H groups in total. The molecule has 5 rings (SSSR count). The predicted molar refractivity (Wildman–Crippen MR) is 131 cm³/mol. The largest absolute Gasteiger partial charge is 0.491 e. The van der Waals surface area contributed by atoms with Crippen LogP contribution in [0.1, 0.15) is 16.1 Å². The smallest absolute Gasteiger partial charge is 0.307 e. The molecule has 0 bridgehead atoms. The Morgan fingerprint density at radius 3 is 2.29 bits per heavy atom. The quantitative estimate of drug-likeness (QED) is 0.266. The number of amides is 1. The summed E-state index contributed by atoms with van der Waals surface area (Å²) >= 11 is 0. The highest BCUT2D eigenvalue weighted by Crippen LogP contribution is 2.28. The molecule has 0 aliphatic carbocycles. The van der Waals surface area contributed by atoms with Gasteiger partial charge in [-0.05, 0) is 54.1 Å². The maximum absolute atomic E-state index is 11.8. The van der Waals surface area contributed by atoms with Gasteiger partial charge in [-0.2, -0.15) is 5.10 Å². The Labute approximate surface area is 195 Å². The maximum Gasteiger partial charge on any atom is 0.307 e. The van der Waals surface area contributed by atoms with Crippen molar-refractivity contribution in [2.75, 3.05) is 6.61 Å². The monoisotopic (exact) mass is 453 g/mol. The van der Waals surface area contributed by atoms with E-state index in [0.717, 1.165) is 16.6 Å². The highest BCUT2D eigenvalue weighted by atomic mass is 16.5. The van der Waals surface area contributed by atoms with Crippen LogP contribution in [-0.4, -0.2) is 34.5 Å². The van der Waals surface area contributed by atoms with Gasteiger partial charge in [0.05, 0.1) is 19.0 Å². The maximum atomic E-state index is 11.8. The number of carbonyl (C=O) groups excluding carboxylic acids is 1. The highest BCUT2D eigenvalue weighted by Gasteiger charge is 2.14. The van der Waals surface area contributed by atoms with E-state index >= 15 is 0 Å². The molecule has 1 atom stereocenters. The summed E-state index contributed by atoms with van der Waals surface area (Å²) in [6.07, 6.45) is 2.27. The highest BCUT2D eigenvalue weighted by molar-refractivity contribution is 6.07. The van der Waals surface area contributed by atoms with Gasteiger partial charge in [0, 0.05) is 21.8 Å². The van der Waals surface area contributed by atoms with Crippen LogP contribution in [0.25, 0.3) is 21.8 Å². The molecule has 7 nitrogen and oxygen atoms in total. The molecule has 3 aromatic carbocycles. The summed E-state index contributed by atoms with van der Waals surface area (Å²) in [6.45, 7) is 0.585. The van der Waals surface area contributed by atoms with Crippen LogP contribution in [0.15, 0.2) is 101 Å². The summed E-state index contributed by atoms with van der Waals surface area (Å²) in [5, 5.41) is 17.0. The number of hydrogen-bond donors (Lipinski definition) is 2. The SMILES string of the molecule is O=C(NN=Cc1ccc(OCC(O)Cn2c3ccccc3c3ccccc32)cc1)c1ccco1. The third-order valence-electron chi connectivity index (χ3n) is 5.52. The molecule has 0 radical (unpaired) electrons. The predicted octanol–water partition coefficient (Wildman–Crippen LogP) is 4.59. The summed E-state index contributed by atoms with van der Waals surface area (Å²) < 4.78 is 12.9.